The Morgan fingerprint density at radius 1 is 1.32 bits per heavy atom. The van der Waals surface area contributed by atoms with E-state index in [0.29, 0.717) is 25.9 Å². The van der Waals surface area contributed by atoms with Crippen LogP contribution in [0.25, 0.3) is 0 Å². The molecule has 1 saturated heterocycles. The minimum atomic E-state index is -0.949. The third kappa shape index (κ3) is 3.81. The second-order valence-electron chi connectivity index (χ2n) is 7.03. The quantitative estimate of drug-likeness (QED) is 0.821. The zero-order valence-electron chi connectivity index (χ0n) is 14.2. The van der Waals surface area contributed by atoms with Crippen LogP contribution in [-0.4, -0.2) is 39.7 Å². The van der Waals surface area contributed by atoms with Crippen LogP contribution in [-0.2, 0) is 20.9 Å². The van der Waals surface area contributed by atoms with Gasteiger partial charge in [0.25, 0.3) is 0 Å². The molecule has 0 aromatic carbocycles. The Bertz CT molecular complexity index is 656. The van der Waals surface area contributed by atoms with Gasteiger partial charge in [-0.3, -0.25) is 19.4 Å². The average molecular weight is 344 g/mol. The largest absolute Gasteiger partial charge is 0.368 e. The van der Waals surface area contributed by atoms with Gasteiger partial charge in [0.2, 0.25) is 17.7 Å². The standard InChI is InChI=1S/C18H24N4O3/c19-17(25)18(6-2-1-3-7-18)21-16(24)14-9-15(23)22(12-14)11-13-5-4-8-20-10-13/h4-5,8,10,14H,1-3,6-7,9,11-12H2,(H2,19,25)(H,21,24). The number of nitrogens with two attached hydrogens (primary N) is 1. The lowest BCUT2D eigenvalue weighted by atomic mass is 9.80. The van der Waals surface area contributed by atoms with E-state index in [1.54, 1.807) is 17.3 Å². The fourth-order valence-electron chi connectivity index (χ4n) is 3.74. The van der Waals surface area contributed by atoms with Crippen molar-refractivity contribution >= 4 is 17.7 Å². The molecule has 1 atom stereocenters. The number of nitrogens with one attached hydrogen (secondary N) is 1. The number of hydrogen-bond acceptors (Lipinski definition) is 4. The van der Waals surface area contributed by atoms with Crippen LogP contribution in [0.3, 0.4) is 0 Å². The van der Waals surface area contributed by atoms with Gasteiger partial charge in [0.05, 0.1) is 5.92 Å². The van der Waals surface area contributed by atoms with E-state index in [0.717, 1.165) is 24.8 Å². The van der Waals surface area contributed by atoms with Crippen molar-refractivity contribution in [3.63, 3.8) is 0 Å². The first-order valence-corrected chi connectivity index (χ1v) is 8.79. The summed E-state index contributed by atoms with van der Waals surface area (Å²) < 4.78 is 0. The van der Waals surface area contributed by atoms with Crippen LogP contribution in [0.15, 0.2) is 24.5 Å². The fraction of sp³-hybridized carbons (Fsp3) is 0.556. The molecule has 2 fully saturated rings. The van der Waals surface area contributed by atoms with E-state index < -0.39 is 17.4 Å². The Morgan fingerprint density at radius 3 is 2.72 bits per heavy atom. The number of carbonyl (C=O) groups is 3. The Labute approximate surface area is 147 Å². The average Bonchev–Trinajstić information content (AvgIpc) is 2.97. The molecule has 3 rings (SSSR count). The van der Waals surface area contributed by atoms with Crippen LogP contribution in [0.5, 0.6) is 0 Å². The highest BCUT2D eigenvalue weighted by molar-refractivity contribution is 5.94. The summed E-state index contributed by atoms with van der Waals surface area (Å²) in [6.07, 6.45) is 7.51. The summed E-state index contributed by atoms with van der Waals surface area (Å²) in [6.45, 7) is 0.797. The monoisotopic (exact) mass is 344 g/mol. The van der Waals surface area contributed by atoms with Crippen molar-refractivity contribution in [3.8, 4) is 0 Å². The van der Waals surface area contributed by atoms with Gasteiger partial charge in [0, 0.05) is 31.9 Å². The van der Waals surface area contributed by atoms with Gasteiger partial charge < -0.3 is 16.0 Å². The van der Waals surface area contributed by atoms with Gasteiger partial charge in [-0.1, -0.05) is 25.3 Å². The summed E-state index contributed by atoms with van der Waals surface area (Å²) >= 11 is 0. The Hall–Kier alpha value is -2.44. The van der Waals surface area contributed by atoms with Crippen molar-refractivity contribution in [2.24, 2.45) is 11.7 Å². The number of primary amides is 1. The summed E-state index contributed by atoms with van der Waals surface area (Å²) in [7, 11) is 0. The lowest BCUT2D eigenvalue weighted by molar-refractivity contribution is -0.135. The van der Waals surface area contributed by atoms with Crippen LogP contribution in [0.4, 0.5) is 0 Å². The number of nitrogens with zero attached hydrogens (tertiary/aromatic N) is 2. The van der Waals surface area contributed by atoms with Crippen LogP contribution in [0, 0.1) is 5.92 Å². The first-order chi connectivity index (χ1) is 12.0. The second kappa shape index (κ2) is 7.21. The topological polar surface area (TPSA) is 105 Å². The van der Waals surface area contributed by atoms with E-state index in [9.17, 15) is 14.4 Å². The number of likely N-dealkylation sites (tertiary alicyclic amines) is 1. The SMILES string of the molecule is NC(=O)C1(NC(=O)C2CC(=O)N(Cc3cccnc3)C2)CCCCC1. The van der Waals surface area contributed by atoms with Gasteiger partial charge in [0.15, 0.2) is 0 Å². The highest BCUT2D eigenvalue weighted by Crippen LogP contribution is 2.29. The van der Waals surface area contributed by atoms with Gasteiger partial charge in [-0.2, -0.15) is 0 Å². The van der Waals surface area contributed by atoms with Gasteiger partial charge >= 0.3 is 0 Å². The summed E-state index contributed by atoms with van der Waals surface area (Å²) in [5.41, 5.74) is 5.55. The van der Waals surface area contributed by atoms with Crippen molar-refractivity contribution < 1.29 is 14.4 Å². The molecule has 25 heavy (non-hydrogen) atoms. The third-order valence-corrected chi connectivity index (χ3v) is 5.22. The molecule has 2 heterocycles. The van der Waals surface area contributed by atoms with E-state index >= 15 is 0 Å². The molecular formula is C18H24N4O3. The number of amides is 3. The van der Waals surface area contributed by atoms with Crippen molar-refractivity contribution in [3.05, 3.63) is 30.1 Å². The van der Waals surface area contributed by atoms with E-state index in [1.165, 1.54) is 0 Å². The number of rotatable bonds is 5. The summed E-state index contributed by atoms with van der Waals surface area (Å²) in [4.78, 5) is 42.5. The molecule has 1 aliphatic carbocycles. The summed E-state index contributed by atoms with van der Waals surface area (Å²) in [6, 6.07) is 3.72. The maximum absolute atomic E-state index is 12.7. The zero-order chi connectivity index (χ0) is 17.9. The molecule has 7 heteroatoms. The molecule has 3 amide bonds. The molecule has 3 N–H and O–H groups in total. The molecule has 0 spiro atoms. The third-order valence-electron chi connectivity index (χ3n) is 5.22. The number of carbonyl (C=O) groups excluding carboxylic acids is 3. The van der Waals surface area contributed by atoms with E-state index in [1.807, 2.05) is 12.1 Å². The molecule has 1 aromatic rings. The molecule has 0 radical (unpaired) electrons. The van der Waals surface area contributed by atoms with Gasteiger partial charge in [0.1, 0.15) is 5.54 Å². The lowest BCUT2D eigenvalue weighted by Gasteiger charge is -2.35. The van der Waals surface area contributed by atoms with Gasteiger partial charge in [-0.15, -0.1) is 0 Å². The Balaban J connectivity index is 1.63. The van der Waals surface area contributed by atoms with Gasteiger partial charge in [-0.25, -0.2) is 0 Å². The minimum absolute atomic E-state index is 0.0548. The molecule has 1 aromatic heterocycles. The predicted molar refractivity (Wildman–Crippen MR) is 90.9 cm³/mol. The number of aromatic nitrogens is 1. The Morgan fingerprint density at radius 2 is 2.08 bits per heavy atom. The molecule has 7 nitrogen and oxygen atoms in total. The normalized spacial score (nSPS) is 22.6. The molecular weight excluding hydrogens is 320 g/mol. The smallest absolute Gasteiger partial charge is 0.243 e. The van der Waals surface area contributed by atoms with Crippen molar-refractivity contribution in [2.75, 3.05) is 6.54 Å². The Kier molecular flexibility index (Phi) is 5.01. The molecule has 134 valence electrons. The summed E-state index contributed by atoms with van der Waals surface area (Å²) in [5.74, 6) is -1.22. The van der Waals surface area contributed by atoms with Crippen molar-refractivity contribution in [1.29, 1.82) is 0 Å². The van der Waals surface area contributed by atoms with Crippen molar-refractivity contribution in [1.82, 2.24) is 15.2 Å². The number of hydrogen-bond donors (Lipinski definition) is 2. The van der Waals surface area contributed by atoms with E-state index in [4.69, 9.17) is 5.73 Å². The van der Waals surface area contributed by atoms with Crippen LogP contribution in [0.1, 0.15) is 44.1 Å². The highest BCUT2D eigenvalue weighted by Gasteiger charge is 2.42. The van der Waals surface area contributed by atoms with Crippen molar-refractivity contribution in [2.45, 2.75) is 50.6 Å². The summed E-state index contributed by atoms with van der Waals surface area (Å²) in [5, 5.41) is 2.87. The molecule has 0 bridgehead atoms. The molecule has 2 aliphatic rings. The molecule has 1 aliphatic heterocycles. The molecule has 1 saturated carbocycles. The number of pyridine rings is 1. The highest BCUT2D eigenvalue weighted by atomic mass is 16.2. The van der Waals surface area contributed by atoms with Crippen LogP contribution >= 0.6 is 0 Å². The second-order valence-corrected chi connectivity index (χ2v) is 7.03. The first kappa shape index (κ1) is 17.4. The van der Waals surface area contributed by atoms with Crippen LogP contribution in [0.2, 0.25) is 0 Å². The first-order valence-electron chi connectivity index (χ1n) is 8.79. The van der Waals surface area contributed by atoms with Crippen LogP contribution < -0.4 is 11.1 Å². The minimum Gasteiger partial charge on any atom is -0.368 e. The van der Waals surface area contributed by atoms with Gasteiger partial charge in [-0.05, 0) is 24.5 Å². The molecule has 1 unspecified atom stereocenters. The fourth-order valence-corrected chi connectivity index (χ4v) is 3.74. The predicted octanol–water partition coefficient (Wildman–Crippen LogP) is 0.734. The van der Waals surface area contributed by atoms with E-state index in [2.05, 4.69) is 10.3 Å². The maximum atomic E-state index is 12.7. The maximum Gasteiger partial charge on any atom is 0.243 e. The lowest BCUT2D eigenvalue weighted by Crippen LogP contribution is -2.59. The zero-order valence-corrected chi connectivity index (χ0v) is 14.2. The van der Waals surface area contributed by atoms with E-state index in [-0.39, 0.29) is 18.2 Å².